The molecule has 1 spiro atoms. The van der Waals surface area contributed by atoms with Crippen LogP contribution in [0, 0.1) is 5.41 Å². The normalized spacial score (nSPS) is 30.9. The zero-order valence-corrected chi connectivity index (χ0v) is 25.9. The minimum atomic E-state index is -2.84. The lowest BCUT2D eigenvalue weighted by atomic mass is 9.85. The number of aliphatic hydroxyl groups excluding tert-OH is 1. The Morgan fingerprint density at radius 2 is 1.68 bits per heavy atom. The van der Waals surface area contributed by atoms with Crippen molar-refractivity contribution in [3.8, 4) is 0 Å². The van der Waals surface area contributed by atoms with Crippen LogP contribution < -0.4 is 10.4 Å². The molecule has 0 aliphatic carbocycles. The fraction of sp³-hybridized carbons (Fsp3) is 0.500. The number of carbonyl (C=O) groups excluding carboxylic acids is 1. The molecule has 0 saturated carbocycles. The fourth-order valence-corrected chi connectivity index (χ4v) is 11.3. The van der Waals surface area contributed by atoms with Crippen molar-refractivity contribution >= 4 is 24.7 Å². The quantitative estimate of drug-likeness (QED) is 0.256. The van der Waals surface area contributed by atoms with Crippen LogP contribution in [-0.2, 0) is 23.4 Å². The SMILES string of the molecule is C[C@H](O)C/C=C\C=C\[C@@H]1CC[C@@]2(C[C@H]3OC(=O)[C@](C)(CO[Si](c4ccccc4)(c4ccccc4)C(C)(C)C)[C@H]3O2)O1. The number of esters is 1. The zero-order valence-electron chi connectivity index (χ0n) is 24.9. The molecule has 6 nitrogen and oxygen atoms in total. The number of fused-ring (bicyclic) bond motifs is 1. The molecule has 2 aromatic rings. The highest BCUT2D eigenvalue weighted by Crippen LogP contribution is 2.52. The summed E-state index contributed by atoms with van der Waals surface area (Å²) in [4.78, 5) is 13.4. The van der Waals surface area contributed by atoms with Gasteiger partial charge in [0.25, 0.3) is 8.32 Å². The Labute approximate surface area is 245 Å². The van der Waals surface area contributed by atoms with Gasteiger partial charge >= 0.3 is 5.97 Å². The first kappa shape index (κ1) is 29.9. The summed E-state index contributed by atoms with van der Waals surface area (Å²) < 4.78 is 26.2. The molecular formula is C34H44O6Si. The largest absolute Gasteiger partial charge is 0.459 e. The molecule has 2 aromatic carbocycles. The third-order valence-corrected chi connectivity index (χ3v) is 13.8. The molecular weight excluding hydrogens is 532 g/mol. The van der Waals surface area contributed by atoms with Crippen LogP contribution in [0.25, 0.3) is 0 Å². The Morgan fingerprint density at radius 1 is 1.05 bits per heavy atom. The lowest BCUT2D eigenvalue weighted by Crippen LogP contribution is -2.67. The number of carbonyl (C=O) groups is 1. The van der Waals surface area contributed by atoms with E-state index in [0.717, 1.165) is 12.8 Å². The summed E-state index contributed by atoms with van der Waals surface area (Å²) in [6.07, 6.45) is 9.38. The monoisotopic (exact) mass is 576 g/mol. The molecule has 3 heterocycles. The van der Waals surface area contributed by atoms with Crippen molar-refractivity contribution in [3.05, 3.63) is 85.0 Å². The van der Waals surface area contributed by atoms with Crippen molar-refractivity contribution in [3.63, 3.8) is 0 Å². The number of hydrogen-bond acceptors (Lipinski definition) is 6. The predicted molar refractivity (Wildman–Crippen MR) is 162 cm³/mol. The van der Waals surface area contributed by atoms with Crippen LogP contribution in [0.5, 0.6) is 0 Å². The molecule has 3 aliphatic rings. The van der Waals surface area contributed by atoms with Crippen molar-refractivity contribution < 1.29 is 28.5 Å². The standard InChI is InChI=1S/C34H44O6Si/c1-25(35)15-9-6-10-16-26-21-22-34(39-26)23-29-30(40-34)33(5,31(36)38-29)24-37-41(32(2,3)4,27-17-11-7-12-18-27)28-19-13-8-14-20-28/h6-14,16-20,25-26,29-30,35H,15,21-24H2,1-5H3/b9-6-,16-10+/t25-,26+,29+,30-,33+,34+/m0/s1. The van der Waals surface area contributed by atoms with Crippen LogP contribution in [0.15, 0.2) is 85.0 Å². The van der Waals surface area contributed by atoms with Crippen LogP contribution in [0.3, 0.4) is 0 Å². The van der Waals surface area contributed by atoms with Gasteiger partial charge in [-0.25, -0.2) is 0 Å². The lowest BCUT2D eigenvalue weighted by Gasteiger charge is -2.44. The van der Waals surface area contributed by atoms with Gasteiger partial charge in [0.1, 0.15) is 17.6 Å². The van der Waals surface area contributed by atoms with E-state index in [1.807, 2.05) is 43.4 Å². The van der Waals surface area contributed by atoms with Gasteiger partial charge < -0.3 is 23.7 Å². The summed E-state index contributed by atoms with van der Waals surface area (Å²) in [6.45, 7) is 10.6. The number of hydrogen-bond donors (Lipinski definition) is 1. The zero-order chi connectivity index (χ0) is 29.3. The number of ether oxygens (including phenoxy) is 3. The van der Waals surface area contributed by atoms with Gasteiger partial charge in [-0.15, -0.1) is 0 Å². The first-order valence-corrected chi connectivity index (χ1v) is 16.7. The Morgan fingerprint density at radius 3 is 2.27 bits per heavy atom. The molecule has 0 unspecified atom stereocenters. The van der Waals surface area contributed by atoms with E-state index in [1.54, 1.807) is 6.92 Å². The van der Waals surface area contributed by atoms with E-state index >= 15 is 0 Å². The van der Waals surface area contributed by atoms with Gasteiger partial charge in [0.05, 0.1) is 18.8 Å². The minimum Gasteiger partial charge on any atom is -0.459 e. The van der Waals surface area contributed by atoms with Gasteiger partial charge in [-0.3, -0.25) is 4.79 Å². The van der Waals surface area contributed by atoms with E-state index in [1.165, 1.54) is 10.4 Å². The van der Waals surface area contributed by atoms with Crippen LogP contribution in [0.1, 0.15) is 60.3 Å². The Kier molecular flexibility index (Phi) is 8.48. The molecule has 3 fully saturated rings. The second-order valence-corrected chi connectivity index (χ2v) is 17.4. The van der Waals surface area contributed by atoms with Gasteiger partial charge in [0, 0.05) is 12.8 Å². The van der Waals surface area contributed by atoms with Crippen molar-refractivity contribution in [1.82, 2.24) is 0 Å². The molecule has 0 radical (unpaired) electrons. The first-order chi connectivity index (χ1) is 19.5. The summed E-state index contributed by atoms with van der Waals surface area (Å²) in [6, 6.07) is 20.9. The highest BCUT2D eigenvalue weighted by atomic mass is 28.4. The van der Waals surface area contributed by atoms with Crippen molar-refractivity contribution in [1.29, 1.82) is 0 Å². The highest BCUT2D eigenvalue weighted by molar-refractivity contribution is 6.99. The van der Waals surface area contributed by atoms with Crippen LogP contribution in [-0.4, -0.2) is 56.2 Å². The van der Waals surface area contributed by atoms with Crippen molar-refractivity contribution in [2.24, 2.45) is 5.41 Å². The van der Waals surface area contributed by atoms with Gasteiger partial charge in [0.2, 0.25) is 0 Å². The summed E-state index contributed by atoms with van der Waals surface area (Å²) >= 11 is 0. The van der Waals surface area contributed by atoms with E-state index in [2.05, 4.69) is 69.3 Å². The average Bonchev–Trinajstić information content (AvgIpc) is 3.57. The van der Waals surface area contributed by atoms with Crippen molar-refractivity contribution in [2.45, 2.75) is 95.5 Å². The summed E-state index contributed by atoms with van der Waals surface area (Å²) in [5.74, 6) is -1.02. The summed E-state index contributed by atoms with van der Waals surface area (Å²) in [7, 11) is -2.84. The molecule has 220 valence electrons. The van der Waals surface area contributed by atoms with Crippen LogP contribution in [0.2, 0.25) is 5.04 Å². The second kappa shape index (κ2) is 11.6. The van der Waals surface area contributed by atoms with E-state index in [0.29, 0.717) is 12.8 Å². The fourth-order valence-electron chi connectivity index (χ4n) is 6.63. The molecule has 1 N–H and O–H groups in total. The number of allylic oxidation sites excluding steroid dienone is 2. The van der Waals surface area contributed by atoms with E-state index in [9.17, 15) is 9.90 Å². The van der Waals surface area contributed by atoms with Crippen molar-refractivity contribution in [2.75, 3.05) is 6.61 Å². The molecule has 0 aromatic heterocycles. The molecule has 0 amide bonds. The van der Waals surface area contributed by atoms with Gasteiger partial charge in [-0.05, 0) is 42.1 Å². The predicted octanol–water partition coefficient (Wildman–Crippen LogP) is 5.04. The third kappa shape index (κ3) is 5.75. The molecule has 7 heteroatoms. The Bertz CT molecular complexity index is 1210. The topological polar surface area (TPSA) is 74.2 Å². The molecule has 5 rings (SSSR count). The maximum atomic E-state index is 13.4. The molecule has 3 aliphatic heterocycles. The molecule has 3 saturated heterocycles. The van der Waals surface area contributed by atoms with E-state index < -0.39 is 25.6 Å². The average molecular weight is 577 g/mol. The molecule has 6 atom stereocenters. The maximum absolute atomic E-state index is 13.4. The smallest absolute Gasteiger partial charge is 0.317 e. The highest BCUT2D eigenvalue weighted by Gasteiger charge is 2.66. The number of rotatable bonds is 9. The molecule has 0 bridgehead atoms. The maximum Gasteiger partial charge on any atom is 0.317 e. The molecule has 41 heavy (non-hydrogen) atoms. The third-order valence-electron chi connectivity index (χ3n) is 8.78. The first-order valence-electron chi connectivity index (χ1n) is 14.8. The van der Waals surface area contributed by atoms with E-state index in [4.69, 9.17) is 18.6 Å². The van der Waals surface area contributed by atoms with Gasteiger partial charge in [-0.2, -0.15) is 0 Å². The van der Waals surface area contributed by atoms with Gasteiger partial charge in [0.15, 0.2) is 5.79 Å². The van der Waals surface area contributed by atoms with E-state index in [-0.39, 0.29) is 35.9 Å². The van der Waals surface area contributed by atoms with Gasteiger partial charge in [-0.1, -0.05) is 106 Å². The van der Waals surface area contributed by atoms with Crippen LogP contribution >= 0.6 is 0 Å². The Hall–Kier alpha value is -2.55. The number of aliphatic hydroxyl groups is 1. The minimum absolute atomic E-state index is 0.0691. The number of benzene rings is 2. The summed E-state index contributed by atoms with van der Waals surface area (Å²) in [5, 5.41) is 11.6. The Balaban J connectivity index is 1.36. The summed E-state index contributed by atoms with van der Waals surface area (Å²) in [5.41, 5.74) is -0.956. The van der Waals surface area contributed by atoms with Crippen LogP contribution in [0.4, 0.5) is 0 Å². The lowest BCUT2D eigenvalue weighted by molar-refractivity contribution is -0.225. The second-order valence-electron chi connectivity index (χ2n) is 13.1.